The van der Waals surface area contributed by atoms with E-state index in [1.807, 2.05) is 11.8 Å². The van der Waals surface area contributed by atoms with Gasteiger partial charge in [0.2, 0.25) is 15.9 Å². The summed E-state index contributed by atoms with van der Waals surface area (Å²) in [5.74, 6) is 2.01. The zero-order valence-electron chi connectivity index (χ0n) is 9.86. The van der Waals surface area contributed by atoms with Crippen molar-refractivity contribution in [1.29, 1.82) is 0 Å². The normalized spacial score (nSPS) is 21.1. The van der Waals surface area contributed by atoms with Crippen molar-refractivity contribution in [3.8, 4) is 0 Å². The summed E-state index contributed by atoms with van der Waals surface area (Å²) < 4.78 is 23.8. The van der Waals surface area contributed by atoms with Gasteiger partial charge in [-0.05, 0) is 0 Å². The minimum Gasteiger partial charge on any atom is -0.355 e. The molecule has 8 heteroatoms. The summed E-state index contributed by atoms with van der Waals surface area (Å²) >= 11 is 1.84. The van der Waals surface area contributed by atoms with Gasteiger partial charge >= 0.3 is 0 Å². The summed E-state index contributed by atoms with van der Waals surface area (Å²) in [4.78, 5) is 11.5. The van der Waals surface area contributed by atoms with Crippen LogP contribution in [0, 0.1) is 0 Å². The molecule has 0 spiro atoms. The van der Waals surface area contributed by atoms with Crippen LogP contribution in [0.5, 0.6) is 0 Å². The second kappa shape index (κ2) is 7.20. The number of nitrogens with one attached hydrogen (secondary N) is 3. The first-order valence-electron chi connectivity index (χ1n) is 5.50. The van der Waals surface area contributed by atoms with Crippen LogP contribution in [0.2, 0.25) is 0 Å². The van der Waals surface area contributed by atoms with Crippen LogP contribution >= 0.6 is 11.8 Å². The summed E-state index contributed by atoms with van der Waals surface area (Å²) in [5, 5.41) is 5.96. The van der Waals surface area contributed by atoms with Crippen molar-refractivity contribution >= 4 is 27.7 Å². The molecule has 1 heterocycles. The first-order valence-corrected chi connectivity index (χ1v) is 8.54. The van der Waals surface area contributed by atoms with E-state index in [4.69, 9.17) is 0 Å². The molecule has 0 aromatic heterocycles. The van der Waals surface area contributed by atoms with Gasteiger partial charge in [0.15, 0.2) is 0 Å². The van der Waals surface area contributed by atoms with Crippen molar-refractivity contribution in [2.75, 3.05) is 37.4 Å². The van der Waals surface area contributed by atoms with Gasteiger partial charge in [-0.2, -0.15) is 11.8 Å². The highest BCUT2D eigenvalue weighted by atomic mass is 32.2. The lowest BCUT2D eigenvalue weighted by Crippen LogP contribution is -2.42. The van der Waals surface area contributed by atoms with Gasteiger partial charge in [0.25, 0.3) is 0 Å². The van der Waals surface area contributed by atoms with Gasteiger partial charge in [-0.25, -0.2) is 13.1 Å². The Bertz CT molecular complexity index is 339. The van der Waals surface area contributed by atoms with Gasteiger partial charge in [0.05, 0.1) is 6.26 Å². The molecule has 0 aliphatic carbocycles. The van der Waals surface area contributed by atoms with Crippen LogP contribution in [-0.4, -0.2) is 57.8 Å². The maximum Gasteiger partial charge on any atom is 0.221 e. The number of hydrogen-bond donors (Lipinski definition) is 3. The molecule has 1 unspecified atom stereocenters. The number of rotatable bonds is 6. The highest BCUT2D eigenvalue weighted by Gasteiger charge is 2.16. The summed E-state index contributed by atoms with van der Waals surface area (Å²) in [6.07, 6.45) is 1.55. The van der Waals surface area contributed by atoms with Gasteiger partial charge in [0.1, 0.15) is 0 Å². The van der Waals surface area contributed by atoms with Crippen molar-refractivity contribution in [3.05, 3.63) is 0 Å². The van der Waals surface area contributed by atoms with Gasteiger partial charge in [-0.15, -0.1) is 0 Å². The lowest BCUT2D eigenvalue weighted by atomic mass is 10.2. The third kappa shape index (κ3) is 7.58. The first-order chi connectivity index (χ1) is 7.97. The van der Waals surface area contributed by atoms with Crippen LogP contribution in [-0.2, 0) is 14.8 Å². The van der Waals surface area contributed by atoms with E-state index in [2.05, 4.69) is 15.4 Å². The van der Waals surface area contributed by atoms with Crippen molar-refractivity contribution in [3.63, 3.8) is 0 Å². The van der Waals surface area contributed by atoms with Gasteiger partial charge in [-0.1, -0.05) is 0 Å². The van der Waals surface area contributed by atoms with Crippen LogP contribution in [0.25, 0.3) is 0 Å². The van der Waals surface area contributed by atoms with Crippen molar-refractivity contribution in [1.82, 2.24) is 15.4 Å². The fourth-order valence-corrected chi connectivity index (χ4v) is 2.91. The number of carbonyl (C=O) groups is 1. The average molecular weight is 281 g/mol. The zero-order valence-corrected chi connectivity index (χ0v) is 11.5. The van der Waals surface area contributed by atoms with Crippen LogP contribution in [0.15, 0.2) is 0 Å². The van der Waals surface area contributed by atoms with Crippen LogP contribution in [0.4, 0.5) is 0 Å². The van der Waals surface area contributed by atoms with E-state index in [1.54, 1.807) is 0 Å². The largest absolute Gasteiger partial charge is 0.355 e. The molecule has 100 valence electrons. The third-order valence-electron chi connectivity index (χ3n) is 2.24. The molecule has 1 amide bonds. The molecule has 17 heavy (non-hydrogen) atoms. The fourth-order valence-electron chi connectivity index (χ4n) is 1.49. The Morgan fingerprint density at radius 3 is 2.82 bits per heavy atom. The van der Waals surface area contributed by atoms with Crippen LogP contribution < -0.4 is 15.4 Å². The second-order valence-corrected chi connectivity index (χ2v) is 6.93. The lowest BCUT2D eigenvalue weighted by Gasteiger charge is -2.22. The maximum absolute atomic E-state index is 11.5. The summed E-state index contributed by atoms with van der Waals surface area (Å²) in [6, 6.07) is 0.233. The highest BCUT2D eigenvalue weighted by Crippen LogP contribution is 2.09. The molecule has 0 radical (unpaired) electrons. The number of hydrogen-bond acceptors (Lipinski definition) is 5. The Hall–Kier alpha value is -0.310. The predicted molar refractivity (Wildman–Crippen MR) is 69.6 cm³/mol. The Labute approximate surface area is 106 Å². The lowest BCUT2D eigenvalue weighted by molar-refractivity contribution is -0.121. The molecule has 1 rings (SSSR count). The fraction of sp³-hybridized carbons (Fsp3) is 0.889. The molecule has 0 aromatic rings. The second-order valence-electron chi connectivity index (χ2n) is 3.95. The summed E-state index contributed by atoms with van der Waals surface area (Å²) in [7, 11) is -3.17. The molecule has 1 aliphatic rings. The molecule has 1 fully saturated rings. The quantitative estimate of drug-likeness (QED) is 0.529. The minimum absolute atomic E-state index is 0.0414. The standard InChI is InChI=1S/C9H19N3O3S2/c1-17(14,15)12-3-2-11-9(13)6-8-7-16-5-4-10-8/h8,10,12H,2-7H2,1H3,(H,11,13). The number of carbonyl (C=O) groups excluding carboxylic acids is 1. The van der Waals surface area contributed by atoms with E-state index in [1.165, 1.54) is 0 Å². The Balaban J connectivity index is 2.08. The zero-order chi connectivity index (χ0) is 12.7. The average Bonchev–Trinajstić information content (AvgIpc) is 2.25. The molecule has 3 N–H and O–H groups in total. The SMILES string of the molecule is CS(=O)(=O)NCCNC(=O)CC1CSCCN1. The van der Waals surface area contributed by atoms with Crippen molar-refractivity contribution in [2.24, 2.45) is 0 Å². The maximum atomic E-state index is 11.5. The topological polar surface area (TPSA) is 87.3 Å². The monoisotopic (exact) mass is 281 g/mol. The Morgan fingerprint density at radius 1 is 1.47 bits per heavy atom. The van der Waals surface area contributed by atoms with E-state index in [-0.39, 0.29) is 18.5 Å². The van der Waals surface area contributed by atoms with Crippen molar-refractivity contribution < 1.29 is 13.2 Å². The molecule has 1 saturated heterocycles. The van der Waals surface area contributed by atoms with E-state index in [0.717, 1.165) is 24.3 Å². The predicted octanol–water partition coefficient (Wildman–Crippen LogP) is -1.25. The van der Waals surface area contributed by atoms with Gasteiger partial charge in [0, 0.05) is 43.6 Å². The summed E-state index contributed by atoms with van der Waals surface area (Å²) in [6.45, 7) is 1.50. The minimum atomic E-state index is -3.17. The number of thioether (sulfide) groups is 1. The summed E-state index contributed by atoms with van der Waals surface area (Å²) in [5.41, 5.74) is 0. The molecular formula is C9H19N3O3S2. The molecule has 6 nitrogen and oxygen atoms in total. The number of sulfonamides is 1. The van der Waals surface area contributed by atoms with E-state index in [9.17, 15) is 13.2 Å². The molecule has 0 saturated carbocycles. The third-order valence-corrected chi connectivity index (χ3v) is 4.10. The molecule has 1 atom stereocenters. The van der Waals surface area contributed by atoms with Gasteiger partial charge in [-0.3, -0.25) is 4.79 Å². The van der Waals surface area contributed by atoms with E-state index >= 15 is 0 Å². The highest BCUT2D eigenvalue weighted by molar-refractivity contribution is 7.99. The van der Waals surface area contributed by atoms with Gasteiger partial charge < -0.3 is 10.6 Å². The number of amides is 1. The van der Waals surface area contributed by atoms with E-state index in [0.29, 0.717) is 13.0 Å². The Kier molecular flexibility index (Phi) is 6.24. The Morgan fingerprint density at radius 2 is 2.24 bits per heavy atom. The van der Waals surface area contributed by atoms with Crippen molar-refractivity contribution in [2.45, 2.75) is 12.5 Å². The van der Waals surface area contributed by atoms with Crippen LogP contribution in [0.3, 0.4) is 0 Å². The van der Waals surface area contributed by atoms with E-state index < -0.39 is 10.0 Å². The molecule has 0 aromatic carbocycles. The smallest absolute Gasteiger partial charge is 0.221 e. The molecule has 0 bridgehead atoms. The van der Waals surface area contributed by atoms with Crippen LogP contribution in [0.1, 0.15) is 6.42 Å². The first kappa shape index (κ1) is 14.7. The molecular weight excluding hydrogens is 262 g/mol. The molecule has 1 aliphatic heterocycles.